The predicted octanol–water partition coefficient (Wildman–Crippen LogP) is 2.62. The zero-order chi connectivity index (χ0) is 17.5. The normalized spacial score (nSPS) is 21.9. The minimum absolute atomic E-state index is 0.0593. The van der Waals surface area contributed by atoms with Crippen molar-refractivity contribution >= 4 is 0 Å². The van der Waals surface area contributed by atoms with Crippen LogP contribution >= 0.6 is 0 Å². The van der Waals surface area contributed by atoms with Crippen molar-refractivity contribution in [3.8, 4) is 11.5 Å². The van der Waals surface area contributed by atoms with Gasteiger partial charge in [0, 0.05) is 32.8 Å². The first-order valence-corrected chi connectivity index (χ1v) is 8.24. The van der Waals surface area contributed by atoms with Crippen LogP contribution < -0.4 is 15.2 Å². The second kappa shape index (κ2) is 9.15. The lowest BCUT2D eigenvalue weighted by atomic mass is 9.98. The van der Waals surface area contributed by atoms with E-state index < -0.39 is 6.61 Å². The van der Waals surface area contributed by atoms with Gasteiger partial charge in [-0.3, -0.25) is 4.90 Å². The third-order valence-corrected chi connectivity index (χ3v) is 4.30. The molecule has 0 amide bonds. The number of alkyl halides is 2. The summed E-state index contributed by atoms with van der Waals surface area (Å²) in [4.78, 5) is 2.30. The topological polar surface area (TPSA) is 57.0 Å². The monoisotopic (exact) mass is 344 g/mol. The smallest absolute Gasteiger partial charge is 0.387 e. The van der Waals surface area contributed by atoms with E-state index in [4.69, 9.17) is 15.2 Å². The number of hydrogen-bond donors (Lipinski definition) is 1. The van der Waals surface area contributed by atoms with Crippen LogP contribution in [0, 0.1) is 0 Å². The summed E-state index contributed by atoms with van der Waals surface area (Å²) in [5, 5.41) is 0. The number of halogens is 2. The van der Waals surface area contributed by atoms with Crippen molar-refractivity contribution in [1.82, 2.24) is 4.90 Å². The van der Waals surface area contributed by atoms with E-state index in [0.717, 1.165) is 24.9 Å². The molecule has 5 nitrogen and oxygen atoms in total. The molecule has 24 heavy (non-hydrogen) atoms. The van der Waals surface area contributed by atoms with E-state index in [0.29, 0.717) is 25.4 Å². The molecule has 136 valence electrons. The van der Waals surface area contributed by atoms with Crippen molar-refractivity contribution in [3.63, 3.8) is 0 Å². The van der Waals surface area contributed by atoms with E-state index in [1.165, 1.54) is 6.07 Å². The van der Waals surface area contributed by atoms with Crippen molar-refractivity contribution in [1.29, 1.82) is 0 Å². The molecule has 0 aliphatic carbocycles. The average molecular weight is 344 g/mol. The summed E-state index contributed by atoms with van der Waals surface area (Å²) in [6.45, 7) is 1.45. The van der Waals surface area contributed by atoms with Gasteiger partial charge in [-0.25, -0.2) is 0 Å². The first-order chi connectivity index (χ1) is 11.6. The molecule has 1 aromatic rings. The molecule has 2 rings (SSSR count). The standard InChI is InChI=1S/C17H26F2N2O3/c1-3-23-16-8-12(4-5-15(16)24-17(18)19)11-21-7-6-14(22-2)9-13(21)10-20/h4-5,8,13-14,17H,3,6-7,9-11,20H2,1-2H3. The largest absolute Gasteiger partial charge is 0.490 e. The molecule has 1 fully saturated rings. The molecular weight excluding hydrogens is 318 g/mol. The van der Waals surface area contributed by atoms with Crippen molar-refractivity contribution in [2.24, 2.45) is 5.73 Å². The highest BCUT2D eigenvalue weighted by Crippen LogP contribution is 2.31. The number of piperidine rings is 1. The molecule has 2 N–H and O–H groups in total. The summed E-state index contributed by atoms with van der Waals surface area (Å²) in [6.07, 6.45) is 2.10. The number of ether oxygens (including phenoxy) is 3. The third kappa shape index (κ3) is 5.03. The molecule has 1 saturated heterocycles. The molecule has 7 heteroatoms. The Bertz CT molecular complexity index is 517. The number of benzene rings is 1. The number of hydrogen-bond acceptors (Lipinski definition) is 5. The fourth-order valence-corrected chi connectivity index (χ4v) is 3.08. The van der Waals surface area contributed by atoms with Crippen LogP contribution in [0.4, 0.5) is 8.78 Å². The van der Waals surface area contributed by atoms with Gasteiger partial charge in [-0.2, -0.15) is 8.78 Å². The molecule has 1 aromatic carbocycles. The van der Waals surface area contributed by atoms with Gasteiger partial charge < -0.3 is 19.9 Å². The number of rotatable bonds is 8. The molecule has 0 bridgehead atoms. The Morgan fingerprint density at radius 2 is 2.12 bits per heavy atom. The van der Waals surface area contributed by atoms with Crippen LogP contribution in [-0.4, -0.2) is 50.5 Å². The molecule has 2 atom stereocenters. The summed E-state index contributed by atoms with van der Waals surface area (Å²) >= 11 is 0. The molecular formula is C17H26F2N2O3. The quantitative estimate of drug-likeness (QED) is 0.786. The van der Waals surface area contributed by atoms with Crippen molar-refractivity contribution in [2.45, 2.75) is 45.1 Å². The molecule has 1 aliphatic rings. The van der Waals surface area contributed by atoms with Crippen LogP contribution in [0.3, 0.4) is 0 Å². The lowest BCUT2D eigenvalue weighted by Gasteiger charge is -2.38. The Morgan fingerprint density at radius 1 is 1.33 bits per heavy atom. The van der Waals surface area contributed by atoms with Crippen LogP contribution in [0.2, 0.25) is 0 Å². The van der Waals surface area contributed by atoms with Crippen molar-refractivity contribution in [2.75, 3.05) is 26.8 Å². The number of nitrogens with two attached hydrogens (primary N) is 1. The summed E-state index contributed by atoms with van der Waals surface area (Å²) < 4.78 is 40.3. The molecule has 1 aliphatic heterocycles. The highest BCUT2D eigenvalue weighted by atomic mass is 19.3. The van der Waals surface area contributed by atoms with Gasteiger partial charge in [-0.15, -0.1) is 0 Å². The highest BCUT2D eigenvalue weighted by molar-refractivity contribution is 5.43. The minimum Gasteiger partial charge on any atom is -0.490 e. The SMILES string of the molecule is CCOc1cc(CN2CCC(OC)CC2CN)ccc1OC(F)F. The highest BCUT2D eigenvalue weighted by Gasteiger charge is 2.27. The second-order valence-electron chi connectivity index (χ2n) is 5.83. The van der Waals surface area contributed by atoms with Crippen molar-refractivity contribution < 1.29 is 23.0 Å². The molecule has 2 unspecified atom stereocenters. The Hall–Kier alpha value is -1.44. The van der Waals surface area contributed by atoms with Gasteiger partial charge >= 0.3 is 6.61 Å². The summed E-state index contributed by atoms with van der Waals surface area (Å²) in [5.74, 6) is 0.399. The maximum atomic E-state index is 12.5. The van der Waals surface area contributed by atoms with Crippen LogP contribution in [0.25, 0.3) is 0 Å². The summed E-state index contributed by atoms with van der Waals surface area (Å²) in [6, 6.07) is 5.33. The van der Waals surface area contributed by atoms with Gasteiger partial charge in [0.15, 0.2) is 11.5 Å². The van der Waals surface area contributed by atoms with E-state index in [1.54, 1.807) is 26.2 Å². The van der Waals surface area contributed by atoms with Crippen LogP contribution in [-0.2, 0) is 11.3 Å². The first kappa shape index (κ1) is 18.9. The lowest BCUT2D eigenvalue weighted by molar-refractivity contribution is -0.0514. The Balaban J connectivity index is 2.09. The lowest BCUT2D eigenvalue weighted by Crippen LogP contribution is -2.47. The van der Waals surface area contributed by atoms with Gasteiger partial charge in [0.25, 0.3) is 0 Å². The van der Waals surface area contributed by atoms with Gasteiger partial charge in [0.2, 0.25) is 0 Å². The zero-order valence-electron chi connectivity index (χ0n) is 14.2. The minimum atomic E-state index is -2.87. The molecule has 0 aromatic heterocycles. The van der Waals surface area contributed by atoms with E-state index in [-0.39, 0.29) is 17.9 Å². The molecule has 0 radical (unpaired) electrons. The fourth-order valence-electron chi connectivity index (χ4n) is 3.08. The fraction of sp³-hybridized carbons (Fsp3) is 0.647. The maximum absolute atomic E-state index is 12.5. The summed E-state index contributed by atoms with van der Waals surface area (Å²) in [7, 11) is 1.73. The molecule has 1 heterocycles. The number of nitrogens with zero attached hydrogens (tertiary/aromatic N) is 1. The third-order valence-electron chi connectivity index (χ3n) is 4.30. The Morgan fingerprint density at radius 3 is 2.75 bits per heavy atom. The van der Waals surface area contributed by atoms with Crippen LogP contribution in [0.1, 0.15) is 25.3 Å². The van der Waals surface area contributed by atoms with Crippen molar-refractivity contribution in [3.05, 3.63) is 23.8 Å². The van der Waals surface area contributed by atoms with Crippen LogP contribution in [0.5, 0.6) is 11.5 Å². The zero-order valence-corrected chi connectivity index (χ0v) is 14.2. The van der Waals surface area contributed by atoms with Gasteiger partial charge in [-0.1, -0.05) is 6.07 Å². The van der Waals surface area contributed by atoms with E-state index in [1.807, 2.05) is 0 Å². The predicted molar refractivity (Wildman–Crippen MR) is 87.5 cm³/mol. The summed E-state index contributed by atoms with van der Waals surface area (Å²) in [5.41, 5.74) is 6.88. The van der Waals surface area contributed by atoms with Gasteiger partial charge in [0.05, 0.1) is 12.7 Å². The molecule has 0 saturated carbocycles. The number of likely N-dealkylation sites (tertiary alicyclic amines) is 1. The van der Waals surface area contributed by atoms with E-state index in [9.17, 15) is 8.78 Å². The van der Waals surface area contributed by atoms with Crippen LogP contribution in [0.15, 0.2) is 18.2 Å². The Labute approximate surface area is 141 Å². The first-order valence-electron chi connectivity index (χ1n) is 8.24. The van der Waals surface area contributed by atoms with Gasteiger partial charge in [0.1, 0.15) is 0 Å². The van der Waals surface area contributed by atoms with E-state index in [2.05, 4.69) is 9.64 Å². The maximum Gasteiger partial charge on any atom is 0.387 e. The average Bonchev–Trinajstić information content (AvgIpc) is 2.57. The Kier molecular flexibility index (Phi) is 7.20. The van der Waals surface area contributed by atoms with Gasteiger partial charge in [-0.05, 0) is 37.5 Å². The van der Waals surface area contributed by atoms with E-state index >= 15 is 0 Å². The number of methoxy groups -OCH3 is 1. The molecule has 0 spiro atoms. The second-order valence-corrected chi connectivity index (χ2v) is 5.83.